The number of carbonyl (C=O) groups is 2. The first-order valence-electron chi connectivity index (χ1n) is 9.53. The zero-order valence-corrected chi connectivity index (χ0v) is 16.5. The Morgan fingerprint density at radius 3 is 2.24 bits per heavy atom. The van der Waals surface area contributed by atoms with Gasteiger partial charge < -0.3 is 10.2 Å². The number of hydrogen-bond donors (Lipinski definition) is 1. The van der Waals surface area contributed by atoms with Gasteiger partial charge in [-0.05, 0) is 55.3 Å². The van der Waals surface area contributed by atoms with Crippen LogP contribution in [0, 0.1) is 0 Å². The van der Waals surface area contributed by atoms with Crippen LogP contribution in [0.1, 0.15) is 39.1 Å². The zero-order chi connectivity index (χ0) is 20.2. The Hall–Kier alpha value is -3.18. The molecular weight excluding hydrogens is 386 g/mol. The van der Waals surface area contributed by atoms with E-state index in [1.807, 2.05) is 6.07 Å². The van der Waals surface area contributed by atoms with E-state index in [-0.39, 0.29) is 11.7 Å². The summed E-state index contributed by atoms with van der Waals surface area (Å²) in [6.45, 7) is 2.07. The Kier molecular flexibility index (Phi) is 5.58. The lowest BCUT2D eigenvalue weighted by molar-refractivity contribution is 0.0996. The van der Waals surface area contributed by atoms with Gasteiger partial charge in [-0.15, -0.1) is 0 Å². The predicted octanol–water partition coefficient (Wildman–Crippen LogP) is 4.82. The van der Waals surface area contributed by atoms with Gasteiger partial charge in [0, 0.05) is 29.2 Å². The summed E-state index contributed by atoms with van der Waals surface area (Å²) < 4.78 is 0. The molecule has 0 saturated carbocycles. The summed E-state index contributed by atoms with van der Waals surface area (Å²) in [5.74, 6) is -0.152. The lowest BCUT2D eigenvalue weighted by atomic mass is 9.98. The molecule has 6 heteroatoms. The number of benzene rings is 2. The molecule has 1 fully saturated rings. The molecule has 0 unspecified atom stereocenters. The maximum atomic E-state index is 12.9. The molecule has 1 aliphatic heterocycles. The fourth-order valence-electron chi connectivity index (χ4n) is 3.44. The van der Waals surface area contributed by atoms with Crippen molar-refractivity contribution in [2.24, 2.45) is 0 Å². The Morgan fingerprint density at radius 2 is 1.59 bits per heavy atom. The van der Waals surface area contributed by atoms with Crippen LogP contribution < -0.4 is 10.2 Å². The van der Waals surface area contributed by atoms with E-state index in [2.05, 4.69) is 15.2 Å². The summed E-state index contributed by atoms with van der Waals surface area (Å²) in [6.07, 6.45) is 4.15. The lowest BCUT2D eigenvalue weighted by Crippen LogP contribution is -2.19. The minimum Gasteiger partial charge on any atom is -0.370 e. The Morgan fingerprint density at radius 1 is 0.897 bits per heavy atom. The maximum Gasteiger partial charge on any atom is 0.257 e. The number of carbonyl (C=O) groups excluding carboxylic acids is 2. The van der Waals surface area contributed by atoms with E-state index in [0.717, 1.165) is 18.8 Å². The van der Waals surface area contributed by atoms with Crippen LogP contribution in [0.15, 0.2) is 66.9 Å². The second kappa shape index (κ2) is 8.45. The Bertz CT molecular complexity index is 1030. The lowest BCUT2D eigenvalue weighted by Gasteiger charge is -2.17. The predicted molar refractivity (Wildman–Crippen MR) is 115 cm³/mol. The molecule has 29 heavy (non-hydrogen) atoms. The van der Waals surface area contributed by atoms with Crippen molar-refractivity contribution >= 4 is 34.8 Å². The summed E-state index contributed by atoms with van der Waals surface area (Å²) in [7, 11) is 0. The van der Waals surface area contributed by atoms with Gasteiger partial charge in [0.25, 0.3) is 5.91 Å². The number of pyridine rings is 1. The quantitative estimate of drug-likeness (QED) is 0.618. The number of nitrogens with one attached hydrogen (secondary N) is 1. The molecule has 1 amide bonds. The van der Waals surface area contributed by atoms with Gasteiger partial charge in [0.15, 0.2) is 5.78 Å². The molecule has 0 radical (unpaired) electrons. The van der Waals surface area contributed by atoms with E-state index < -0.39 is 0 Å². The number of amides is 1. The average molecular weight is 406 g/mol. The second-order valence-electron chi connectivity index (χ2n) is 6.93. The van der Waals surface area contributed by atoms with Gasteiger partial charge in [0.1, 0.15) is 5.82 Å². The number of nitrogens with zero attached hydrogens (tertiary/aromatic N) is 2. The average Bonchev–Trinajstić information content (AvgIpc) is 3.29. The first-order chi connectivity index (χ1) is 14.1. The van der Waals surface area contributed by atoms with Crippen LogP contribution in [0.25, 0.3) is 0 Å². The maximum absolute atomic E-state index is 12.9. The molecule has 0 atom stereocenters. The summed E-state index contributed by atoms with van der Waals surface area (Å²) >= 11 is 5.90. The van der Waals surface area contributed by atoms with Crippen LogP contribution in [-0.2, 0) is 0 Å². The van der Waals surface area contributed by atoms with Crippen molar-refractivity contribution in [1.82, 2.24) is 4.98 Å². The smallest absolute Gasteiger partial charge is 0.257 e. The van der Waals surface area contributed by atoms with E-state index in [1.54, 1.807) is 60.8 Å². The van der Waals surface area contributed by atoms with Crippen LogP contribution in [0.2, 0.25) is 5.02 Å². The van der Waals surface area contributed by atoms with Crippen molar-refractivity contribution in [2.75, 3.05) is 23.3 Å². The largest absolute Gasteiger partial charge is 0.370 e. The van der Waals surface area contributed by atoms with Crippen molar-refractivity contribution in [3.05, 3.63) is 88.6 Å². The van der Waals surface area contributed by atoms with Gasteiger partial charge in [-0.25, -0.2) is 4.98 Å². The molecule has 4 rings (SSSR count). The van der Waals surface area contributed by atoms with Crippen LogP contribution in [0.4, 0.5) is 11.5 Å². The minimum absolute atomic E-state index is 0.232. The normalized spacial score (nSPS) is 13.3. The van der Waals surface area contributed by atoms with Gasteiger partial charge in [0.2, 0.25) is 0 Å². The molecule has 2 aromatic carbocycles. The van der Waals surface area contributed by atoms with Gasteiger partial charge in [-0.3, -0.25) is 9.59 Å². The van der Waals surface area contributed by atoms with Crippen LogP contribution >= 0.6 is 11.6 Å². The molecular formula is C23H20ClN3O2. The molecule has 1 N–H and O–H groups in total. The highest BCUT2D eigenvalue weighted by atomic mass is 35.5. The molecule has 1 aliphatic rings. The molecule has 1 aromatic heterocycles. The van der Waals surface area contributed by atoms with Gasteiger partial charge >= 0.3 is 0 Å². The fourth-order valence-corrected chi connectivity index (χ4v) is 3.57. The summed E-state index contributed by atoms with van der Waals surface area (Å²) in [5, 5.41) is 3.34. The first-order valence-corrected chi connectivity index (χ1v) is 9.91. The van der Waals surface area contributed by atoms with Crippen molar-refractivity contribution in [3.63, 3.8) is 0 Å². The Balaban J connectivity index is 1.53. The highest BCUT2D eigenvalue weighted by Crippen LogP contribution is 2.21. The van der Waals surface area contributed by atoms with E-state index in [4.69, 9.17) is 11.6 Å². The third-order valence-corrected chi connectivity index (χ3v) is 5.24. The highest BCUT2D eigenvalue weighted by molar-refractivity contribution is 6.30. The summed E-state index contributed by atoms with van der Waals surface area (Å²) in [5.41, 5.74) is 2.17. The van der Waals surface area contributed by atoms with Crippen LogP contribution in [0.5, 0.6) is 0 Å². The fraction of sp³-hybridized carbons (Fsp3) is 0.174. The summed E-state index contributed by atoms with van der Waals surface area (Å²) in [6, 6.07) is 17.1. The van der Waals surface area contributed by atoms with E-state index >= 15 is 0 Å². The minimum atomic E-state index is -0.371. The second-order valence-corrected chi connectivity index (χ2v) is 7.37. The number of rotatable bonds is 5. The molecule has 0 aliphatic carbocycles. The van der Waals surface area contributed by atoms with E-state index in [1.165, 1.54) is 12.8 Å². The van der Waals surface area contributed by atoms with Gasteiger partial charge in [0.05, 0.1) is 17.4 Å². The molecule has 146 valence electrons. The third-order valence-electron chi connectivity index (χ3n) is 4.98. The highest BCUT2D eigenvalue weighted by Gasteiger charge is 2.19. The molecule has 0 spiro atoms. The van der Waals surface area contributed by atoms with Gasteiger partial charge in [-0.1, -0.05) is 29.8 Å². The Labute approximate surface area is 174 Å². The first kappa shape index (κ1) is 19.2. The van der Waals surface area contributed by atoms with Gasteiger partial charge in [-0.2, -0.15) is 0 Å². The van der Waals surface area contributed by atoms with Crippen molar-refractivity contribution in [2.45, 2.75) is 12.8 Å². The molecule has 3 aromatic rings. The number of halogens is 1. The topological polar surface area (TPSA) is 62.3 Å². The standard InChI is InChI=1S/C23H20ClN3O2/c24-17-9-7-16(8-10-17)22(28)19-5-1-2-6-20(19)23(29)26-21-12-11-18(15-25-21)27-13-3-4-14-27/h1-2,5-12,15H,3-4,13-14H2,(H,25,26,29). The zero-order valence-electron chi connectivity index (χ0n) is 15.8. The van der Waals surface area contributed by atoms with Crippen molar-refractivity contribution in [1.29, 1.82) is 0 Å². The monoisotopic (exact) mass is 405 g/mol. The van der Waals surface area contributed by atoms with Crippen LogP contribution in [0.3, 0.4) is 0 Å². The molecule has 0 bridgehead atoms. The molecule has 2 heterocycles. The number of anilines is 2. The van der Waals surface area contributed by atoms with Crippen molar-refractivity contribution < 1.29 is 9.59 Å². The number of ketones is 1. The number of aromatic nitrogens is 1. The van der Waals surface area contributed by atoms with Crippen molar-refractivity contribution in [3.8, 4) is 0 Å². The van der Waals surface area contributed by atoms with Crippen LogP contribution in [-0.4, -0.2) is 29.8 Å². The molecule has 5 nitrogen and oxygen atoms in total. The summed E-state index contributed by atoms with van der Waals surface area (Å²) in [4.78, 5) is 32.3. The SMILES string of the molecule is O=C(Nc1ccc(N2CCCC2)cn1)c1ccccc1C(=O)c1ccc(Cl)cc1. The molecule has 1 saturated heterocycles. The number of hydrogen-bond acceptors (Lipinski definition) is 4. The van der Waals surface area contributed by atoms with E-state index in [9.17, 15) is 9.59 Å². The third kappa shape index (κ3) is 4.30. The van der Waals surface area contributed by atoms with E-state index in [0.29, 0.717) is 27.5 Å².